The fourth-order valence-corrected chi connectivity index (χ4v) is 2.31. The zero-order valence-corrected chi connectivity index (χ0v) is 11.6. The minimum Gasteiger partial charge on any atom is -0.370 e. The Labute approximate surface area is 110 Å². The largest absolute Gasteiger partial charge is 0.370 e. The second kappa shape index (κ2) is 6.57. The standard InChI is InChI=1S/C14H24N4/c1-3-8-15-13-11-12(2)16-14(17-13)18-9-6-4-5-7-10-18/h11H,3-10H2,1-2H3,(H,15,16,17). The van der Waals surface area contributed by atoms with E-state index in [0.29, 0.717) is 0 Å². The van der Waals surface area contributed by atoms with E-state index in [-0.39, 0.29) is 0 Å². The van der Waals surface area contributed by atoms with Crippen LogP contribution in [-0.2, 0) is 0 Å². The molecular weight excluding hydrogens is 224 g/mol. The zero-order chi connectivity index (χ0) is 12.8. The van der Waals surface area contributed by atoms with E-state index in [4.69, 9.17) is 0 Å². The van der Waals surface area contributed by atoms with Crippen molar-refractivity contribution in [2.24, 2.45) is 0 Å². The van der Waals surface area contributed by atoms with Gasteiger partial charge in [-0.1, -0.05) is 19.8 Å². The first-order valence-electron chi connectivity index (χ1n) is 7.14. The van der Waals surface area contributed by atoms with Gasteiger partial charge in [0.2, 0.25) is 5.95 Å². The van der Waals surface area contributed by atoms with E-state index < -0.39 is 0 Å². The highest BCUT2D eigenvalue weighted by atomic mass is 15.3. The van der Waals surface area contributed by atoms with Gasteiger partial charge in [0.05, 0.1) is 0 Å². The van der Waals surface area contributed by atoms with Crippen LogP contribution in [0.2, 0.25) is 0 Å². The molecule has 0 aromatic carbocycles. The lowest BCUT2D eigenvalue weighted by Crippen LogP contribution is -2.26. The fourth-order valence-electron chi connectivity index (χ4n) is 2.31. The summed E-state index contributed by atoms with van der Waals surface area (Å²) >= 11 is 0. The number of rotatable bonds is 4. The molecule has 4 heteroatoms. The summed E-state index contributed by atoms with van der Waals surface area (Å²) in [6.07, 6.45) is 6.30. The van der Waals surface area contributed by atoms with Gasteiger partial charge in [0.15, 0.2) is 0 Å². The molecule has 0 atom stereocenters. The molecule has 0 amide bonds. The lowest BCUT2D eigenvalue weighted by Gasteiger charge is -2.21. The Bertz CT molecular complexity index is 370. The van der Waals surface area contributed by atoms with Gasteiger partial charge in [-0.3, -0.25) is 0 Å². The van der Waals surface area contributed by atoms with Crippen LogP contribution < -0.4 is 10.2 Å². The van der Waals surface area contributed by atoms with E-state index in [1.54, 1.807) is 0 Å². The average molecular weight is 248 g/mol. The molecule has 100 valence electrons. The van der Waals surface area contributed by atoms with Crippen molar-refractivity contribution < 1.29 is 0 Å². The first-order valence-corrected chi connectivity index (χ1v) is 7.14. The molecule has 0 bridgehead atoms. The third kappa shape index (κ3) is 3.59. The minimum absolute atomic E-state index is 0.899. The van der Waals surface area contributed by atoms with Gasteiger partial charge in [0, 0.05) is 31.4 Å². The van der Waals surface area contributed by atoms with Gasteiger partial charge in [-0.05, 0) is 26.2 Å². The van der Waals surface area contributed by atoms with E-state index in [2.05, 4.69) is 27.1 Å². The normalized spacial score (nSPS) is 16.4. The van der Waals surface area contributed by atoms with Crippen molar-refractivity contribution in [3.63, 3.8) is 0 Å². The van der Waals surface area contributed by atoms with Crippen molar-refractivity contribution in [1.29, 1.82) is 0 Å². The Morgan fingerprint density at radius 3 is 2.56 bits per heavy atom. The third-order valence-electron chi connectivity index (χ3n) is 3.29. The first-order chi connectivity index (χ1) is 8.79. The van der Waals surface area contributed by atoms with Gasteiger partial charge in [-0.15, -0.1) is 0 Å². The van der Waals surface area contributed by atoms with Crippen LogP contribution in [0.4, 0.5) is 11.8 Å². The van der Waals surface area contributed by atoms with Gasteiger partial charge < -0.3 is 10.2 Å². The number of nitrogens with zero attached hydrogens (tertiary/aromatic N) is 3. The highest BCUT2D eigenvalue weighted by Gasteiger charge is 2.13. The maximum absolute atomic E-state index is 4.64. The maximum atomic E-state index is 4.64. The summed E-state index contributed by atoms with van der Waals surface area (Å²) in [5, 5.41) is 3.35. The molecule has 4 nitrogen and oxygen atoms in total. The van der Waals surface area contributed by atoms with E-state index in [9.17, 15) is 0 Å². The summed E-state index contributed by atoms with van der Waals surface area (Å²) in [4.78, 5) is 11.6. The van der Waals surface area contributed by atoms with Gasteiger partial charge in [-0.25, -0.2) is 4.98 Å². The molecule has 0 unspecified atom stereocenters. The quantitative estimate of drug-likeness (QED) is 0.889. The SMILES string of the molecule is CCCNc1cc(C)nc(N2CCCCCC2)n1. The molecule has 1 saturated heterocycles. The monoisotopic (exact) mass is 248 g/mol. The average Bonchev–Trinajstić information content (AvgIpc) is 2.64. The van der Waals surface area contributed by atoms with Crippen LogP contribution in [0, 0.1) is 6.92 Å². The molecule has 1 aromatic heterocycles. The van der Waals surface area contributed by atoms with Crippen molar-refractivity contribution in [2.75, 3.05) is 29.9 Å². The van der Waals surface area contributed by atoms with Crippen molar-refractivity contribution in [3.05, 3.63) is 11.8 Å². The Hall–Kier alpha value is -1.32. The van der Waals surface area contributed by atoms with E-state index in [0.717, 1.165) is 43.5 Å². The molecule has 0 aliphatic carbocycles. The smallest absolute Gasteiger partial charge is 0.227 e. The molecule has 1 aliphatic heterocycles. The molecule has 0 saturated carbocycles. The molecule has 0 radical (unpaired) electrons. The zero-order valence-electron chi connectivity index (χ0n) is 11.6. The molecule has 1 fully saturated rings. The third-order valence-corrected chi connectivity index (χ3v) is 3.29. The van der Waals surface area contributed by atoms with Crippen molar-refractivity contribution in [3.8, 4) is 0 Å². The molecule has 0 spiro atoms. The number of nitrogens with one attached hydrogen (secondary N) is 1. The van der Waals surface area contributed by atoms with Gasteiger partial charge >= 0.3 is 0 Å². The number of anilines is 2. The molecule has 2 rings (SSSR count). The van der Waals surface area contributed by atoms with Crippen LogP contribution in [0.1, 0.15) is 44.7 Å². The second-order valence-corrected chi connectivity index (χ2v) is 5.02. The Balaban J connectivity index is 2.12. The minimum atomic E-state index is 0.899. The predicted molar refractivity (Wildman–Crippen MR) is 76.2 cm³/mol. The first kappa shape index (κ1) is 13.1. The molecule has 1 N–H and O–H groups in total. The fraction of sp³-hybridized carbons (Fsp3) is 0.714. The number of hydrogen-bond donors (Lipinski definition) is 1. The van der Waals surface area contributed by atoms with Crippen LogP contribution in [0.3, 0.4) is 0 Å². The maximum Gasteiger partial charge on any atom is 0.227 e. The Morgan fingerprint density at radius 1 is 1.17 bits per heavy atom. The lowest BCUT2D eigenvalue weighted by atomic mass is 10.2. The topological polar surface area (TPSA) is 41.1 Å². The summed E-state index contributed by atoms with van der Waals surface area (Å²) in [6, 6.07) is 2.02. The summed E-state index contributed by atoms with van der Waals surface area (Å²) in [5.41, 5.74) is 1.04. The van der Waals surface area contributed by atoms with E-state index in [1.807, 2.05) is 13.0 Å². The van der Waals surface area contributed by atoms with Crippen LogP contribution in [0.15, 0.2) is 6.07 Å². The summed E-state index contributed by atoms with van der Waals surface area (Å²) in [5.74, 6) is 1.86. The van der Waals surface area contributed by atoms with Gasteiger partial charge in [0.25, 0.3) is 0 Å². The summed E-state index contributed by atoms with van der Waals surface area (Å²) in [7, 11) is 0. The van der Waals surface area contributed by atoms with Crippen LogP contribution >= 0.6 is 0 Å². The Morgan fingerprint density at radius 2 is 1.89 bits per heavy atom. The Kier molecular flexibility index (Phi) is 4.79. The highest BCUT2D eigenvalue weighted by molar-refractivity contribution is 5.43. The summed E-state index contributed by atoms with van der Waals surface area (Å²) < 4.78 is 0. The molecule has 2 heterocycles. The molecule has 18 heavy (non-hydrogen) atoms. The summed E-state index contributed by atoms with van der Waals surface area (Å²) in [6.45, 7) is 7.36. The number of aryl methyl sites for hydroxylation is 1. The second-order valence-electron chi connectivity index (χ2n) is 5.02. The van der Waals surface area contributed by atoms with Crippen molar-refractivity contribution >= 4 is 11.8 Å². The van der Waals surface area contributed by atoms with Crippen LogP contribution in [0.5, 0.6) is 0 Å². The van der Waals surface area contributed by atoms with Crippen molar-refractivity contribution in [1.82, 2.24) is 9.97 Å². The van der Waals surface area contributed by atoms with Gasteiger partial charge in [-0.2, -0.15) is 4.98 Å². The molecular formula is C14H24N4. The van der Waals surface area contributed by atoms with Gasteiger partial charge in [0.1, 0.15) is 5.82 Å². The number of hydrogen-bond acceptors (Lipinski definition) is 4. The molecule has 1 aliphatic rings. The van der Waals surface area contributed by atoms with Crippen LogP contribution in [0.25, 0.3) is 0 Å². The molecule has 1 aromatic rings. The number of aromatic nitrogens is 2. The van der Waals surface area contributed by atoms with E-state index in [1.165, 1.54) is 25.7 Å². The van der Waals surface area contributed by atoms with Crippen molar-refractivity contribution in [2.45, 2.75) is 46.0 Å². The predicted octanol–water partition coefficient (Wildman–Crippen LogP) is 2.99. The van der Waals surface area contributed by atoms with Crippen LogP contribution in [-0.4, -0.2) is 29.6 Å². The van der Waals surface area contributed by atoms with E-state index >= 15 is 0 Å². The lowest BCUT2D eigenvalue weighted by molar-refractivity contribution is 0.726. The highest BCUT2D eigenvalue weighted by Crippen LogP contribution is 2.18.